The Morgan fingerprint density at radius 2 is 1.79 bits per heavy atom. The molecular weight excluding hydrogens is 520 g/mol. The Morgan fingerprint density at radius 3 is 2.51 bits per heavy atom. The molecule has 10 heteroatoms. The Bertz CT molecular complexity index is 1560. The number of morpholine rings is 1. The van der Waals surface area contributed by atoms with E-state index in [1.165, 1.54) is 11.0 Å². The van der Waals surface area contributed by atoms with Crippen LogP contribution in [-0.4, -0.2) is 53.8 Å². The van der Waals surface area contributed by atoms with Gasteiger partial charge >= 0.3 is 0 Å². The first-order valence-electron chi connectivity index (χ1n) is 12.3. The zero-order valence-corrected chi connectivity index (χ0v) is 21.6. The number of Topliss-reactive ketones (excluding diaryl/α,β-unsaturated/α-hetero) is 1. The number of carbonyl (C=O) groups excluding carboxylic acids is 3. The number of ether oxygens (including phenoxy) is 1. The van der Waals surface area contributed by atoms with Gasteiger partial charge in [-0.2, -0.15) is 0 Å². The van der Waals surface area contributed by atoms with Crippen LogP contribution in [0.5, 0.6) is 0 Å². The maximum absolute atomic E-state index is 12.7. The molecule has 0 aliphatic carbocycles. The van der Waals surface area contributed by atoms with Gasteiger partial charge in [0.1, 0.15) is 11.6 Å². The van der Waals surface area contributed by atoms with Crippen LogP contribution in [0.1, 0.15) is 21.7 Å². The largest absolute Gasteiger partial charge is 0.458 e. The predicted molar refractivity (Wildman–Crippen MR) is 148 cm³/mol. The van der Waals surface area contributed by atoms with Crippen LogP contribution in [0.15, 0.2) is 71.3 Å². The molecule has 3 N–H and O–H groups in total. The molecule has 5 rings (SSSR count). The van der Waals surface area contributed by atoms with Crippen molar-refractivity contribution in [1.29, 1.82) is 0 Å². The molecule has 9 nitrogen and oxygen atoms in total. The molecule has 1 aliphatic heterocycles. The first-order valence-corrected chi connectivity index (χ1v) is 12.7. The molecule has 0 unspecified atom stereocenters. The standard InChI is InChI=1S/C29H25ClN4O5/c30-24-15-21(19-3-5-20(6-4-19)27(36)29(37)34-9-11-38-12-10-34)13-22-14-23(39-28(22)24)17-33-26(35)8-2-18-1-7-25(31)32-16-18/h1-8,13-16H,9-12,17H2,(H2,31,32)(H,33,35)/b8-2+. The number of amides is 2. The number of furan rings is 1. The van der Waals surface area contributed by atoms with Crippen molar-refractivity contribution < 1.29 is 23.5 Å². The van der Waals surface area contributed by atoms with Crippen molar-refractivity contribution in [2.24, 2.45) is 0 Å². The molecule has 3 heterocycles. The third-order valence-electron chi connectivity index (χ3n) is 6.27. The first-order chi connectivity index (χ1) is 18.9. The number of aromatic nitrogens is 1. The number of hydrogen-bond acceptors (Lipinski definition) is 7. The predicted octanol–water partition coefficient (Wildman–Crippen LogP) is 4.10. The highest BCUT2D eigenvalue weighted by molar-refractivity contribution is 6.42. The van der Waals surface area contributed by atoms with Crippen molar-refractivity contribution in [3.05, 3.63) is 88.8 Å². The summed E-state index contributed by atoms with van der Waals surface area (Å²) in [4.78, 5) is 42.9. The van der Waals surface area contributed by atoms with Crippen LogP contribution in [0.25, 0.3) is 28.2 Å². The van der Waals surface area contributed by atoms with Gasteiger partial charge in [-0.15, -0.1) is 0 Å². The number of carbonyl (C=O) groups is 3. The van der Waals surface area contributed by atoms with Gasteiger partial charge in [-0.1, -0.05) is 35.9 Å². The fraction of sp³-hybridized carbons (Fsp3) is 0.172. The molecule has 0 spiro atoms. The highest BCUT2D eigenvalue weighted by atomic mass is 35.5. The van der Waals surface area contributed by atoms with E-state index in [2.05, 4.69) is 10.3 Å². The highest BCUT2D eigenvalue weighted by Gasteiger charge is 2.24. The van der Waals surface area contributed by atoms with Gasteiger partial charge in [0.05, 0.1) is 24.8 Å². The number of ketones is 1. The van der Waals surface area contributed by atoms with E-state index < -0.39 is 11.7 Å². The molecule has 1 aliphatic rings. The Hall–Kier alpha value is -4.47. The maximum atomic E-state index is 12.7. The minimum atomic E-state index is -0.543. The van der Waals surface area contributed by atoms with Crippen molar-refractivity contribution in [2.75, 3.05) is 32.0 Å². The summed E-state index contributed by atoms with van der Waals surface area (Å²) in [5.41, 5.74) is 8.80. The number of hydrogen-bond donors (Lipinski definition) is 2. The van der Waals surface area contributed by atoms with Gasteiger partial charge in [0, 0.05) is 36.3 Å². The lowest BCUT2D eigenvalue weighted by atomic mass is 10.0. The summed E-state index contributed by atoms with van der Waals surface area (Å²) in [5, 5.41) is 3.97. The van der Waals surface area contributed by atoms with E-state index in [0.29, 0.717) is 54.1 Å². The number of pyridine rings is 1. The summed E-state index contributed by atoms with van der Waals surface area (Å²) in [6.07, 6.45) is 4.62. The minimum absolute atomic E-state index is 0.178. The molecule has 0 bridgehead atoms. The lowest BCUT2D eigenvalue weighted by Gasteiger charge is -2.26. The van der Waals surface area contributed by atoms with E-state index in [0.717, 1.165) is 22.1 Å². The van der Waals surface area contributed by atoms with Crippen LogP contribution >= 0.6 is 11.6 Å². The van der Waals surface area contributed by atoms with Gasteiger partial charge < -0.3 is 25.1 Å². The molecule has 39 heavy (non-hydrogen) atoms. The number of benzene rings is 2. The average molecular weight is 545 g/mol. The van der Waals surface area contributed by atoms with Gasteiger partial charge in [0.25, 0.3) is 5.91 Å². The monoisotopic (exact) mass is 544 g/mol. The molecule has 2 aromatic heterocycles. The fourth-order valence-corrected chi connectivity index (χ4v) is 4.45. The van der Waals surface area contributed by atoms with E-state index in [4.69, 9.17) is 26.5 Å². The highest BCUT2D eigenvalue weighted by Crippen LogP contribution is 2.33. The summed E-state index contributed by atoms with van der Waals surface area (Å²) in [6.45, 7) is 1.87. The number of nitrogens with zero attached hydrogens (tertiary/aromatic N) is 2. The van der Waals surface area contributed by atoms with E-state index in [1.807, 2.05) is 12.1 Å². The van der Waals surface area contributed by atoms with E-state index in [9.17, 15) is 14.4 Å². The Morgan fingerprint density at radius 1 is 1.03 bits per heavy atom. The number of nitrogens with two attached hydrogens (primary N) is 1. The number of rotatable bonds is 7. The summed E-state index contributed by atoms with van der Waals surface area (Å²) in [5.74, 6) is -0.403. The van der Waals surface area contributed by atoms with Crippen molar-refractivity contribution in [2.45, 2.75) is 6.54 Å². The molecule has 1 saturated heterocycles. The lowest BCUT2D eigenvalue weighted by molar-refractivity contribution is -0.130. The molecule has 2 amide bonds. The Balaban J connectivity index is 1.25. The normalized spacial score (nSPS) is 13.6. The summed E-state index contributed by atoms with van der Waals surface area (Å²) in [7, 11) is 0. The van der Waals surface area contributed by atoms with Gasteiger partial charge in [0.15, 0.2) is 5.58 Å². The zero-order chi connectivity index (χ0) is 27.4. The van der Waals surface area contributed by atoms with Crippen molar-refractivity contribution in [3.8, 4) is 11.1 Å². The SMILES string of the molecule is Nc1ccc(/C=C/C(=O)NCc2cc3cc(-c4ccc(C(=O)C(=O)N5CCOCC5)cc4)cc(Cl)c3o2)cn1. The van der Waals surface area contributed by atoms with Crippen LogP contribution in [0.3, 0.4) is 0 Å². The topological polar surface area (TPSA) is 128 Å². The molecule has 0 atom stereocenters. The van der Waals surface area contributed by atoms with Crippen LogP contribution in [-0.2, 0) is 20.9 Å². The second-order valence-electron chi connectivity index (χ2n) is 8.97. The van der Waals surface area contributed by atoms with Crippen LogP contribution in [0, 0.1) is 0 Å². The van der Waals surface area contributed by atoms with Crippen molar-refractivity contribution in [1.82, 2.24) is 15.2 Å². The summed E-state index contributed by atoms with van der Waals surface area (Å²) >= 11 is 6.50. The number of nitrogens with one attached hydrogen (secondary N) is 1. The van der Waals surface area contributed by atoms with Gasteiger partial charge in [0.2, 0.25) is 11.7 Å². The van der Waals surface area contributed by atoms with Crippen LogP contribution < -0.4 is 11.1 Å². The van der Waals surface area contributed by atoms with Gasteiger partial charge in [-0.3, -0.25) is 14.4 Å². The molecule has 0 saturated carbocycles. The Kier molecular flexibility index (Phi) is 7.72. The molecule has 4 aromatic rings. The molecular formula is C29H25ClN4O5. The summed E-state index contributed by atoms with van der Waals surface area (Å²) < 4.78 is 11.1. The Labute approximate surface area is 229 Å². The number of fused-ring (bicyclic) bond motifs is 1. The molecule has 198 valence electrons. The maximum Gasteiger partial charge on any atom is 0.295 e. The molecule has 1 fully saturated rings. The van der Waals surface area contributed by atoms with E-state index >= 15 is 0 Å². The number of halogens is 1. The van der Waals surface area contributed by atoms with Crippen molar-refractivity contribution >= 4 is 52.1 Å². The van der Waals surface area contributed by atoms with Crippen molar-refractivity contribution in [3.63, 3.8) is 0 Å². The number of anilines is 1. The molecule has 2 aromatic carbocycles. The second-order valence-corrected chi connectivity index (χ2v) is 9.37. The third-order valence-corrected chi connectivity index (χ3v) is 6.55. The number of nitrogen functional groups attached to an aromatic ring is 1. The minimum Gasteiger partial charge on any atom is -0.458 e. The van der Waals surface area contributed by atoms with E-state index in [1.54, 1.807) is 54.7 Å². The summed E-state index contributed by atoms with van der Waals surface area (Å²) in [6, 6.07) is 15.8. The van der Waals surface area contributed by atoms with Crippen LogP contribution in [0.2, 0.25) is 5.02 Å². The van der Waals surface area contributed by atoms with E-state index in [-0.39, 0.29) is 12.5 Å². The third kappa shape index (κ3) is 6.17. The molecule has 0 radical (unpaired) electrons. The van der Waals surface area contributed by atoms with Gasteiger partial charge in [-0.05, 0) is 53.1 Å². The quantitative estimate of drug-likeness (QED) is 0.204. The second kappa shape index (κ2) is 11.5. The van der Waals surface area contributed by atoms with Crippen LogP contribution in [0.4, 0.5) is 5.82 Å². The first kappa shape index (κ1) is 26.1. The smallest absolute Gasteiger partial charge is 0.295 e. The zero-order valence-electron chi connectivity index (χ0n) is 20.9. The average Bonchev–Trinajstić information content (AvgIpc) is 3.39. The lowest BCUT2D eigenvalue weighted by Crippen LogP contribution is -2.44. The fourth-order valence-electron chi connectivity index (χ4n) is 4.19. The van der Waals surface area contributed by atoms with Gasteiger partial charge in [-0.25, -0.2) is 4.98 Å².